The van der Waals surface area contributed by atoms with Gasteiger partial charge in [-0.15, -0.1) is 0 Å². The van der Waals surface area contributed by atoms with Crippen LogP contribution >= 0.6 is 0 Å². The van der Waals surface area contributed by atoms with Gasteiger partial charge >= 0.3 is 5.97 Å². The van der Waals surface area contributed by atoms with Crippen molar-refractivity contribution in [1.82, 2.24) is 0 Å². The molecule has 1 saturated heterocycles. The highest BCUT2D eigenvalue weighted by Gasteiger charge is 2.43. The molecule has 2 atom stereocenters. The summed E-state index contributed by atoms with van der Waals surface area (Å²) in [6.45, 7) is 4.69. The van der Waals surface area contributed by atoms with Gasteiger partial charge in [0.15, 0.2) is 0 Å². The summed E-state index contributed by atoms with van der Waals surface area (Å²) in [7, 11) is 0. The molecule has 86 valence electrons. The largest absolute Gasteiger partial charge is 0.465 e. The first-order valence-corrected chi connectivity index (χ1v) is 5.82. The van der Waals surface area contributed by atoms with Crippen LogP contribution in [0.1, 0.15) is 25.8 Å². The fraction of sp³-hybridized carbons (Fsp3) is 0.500. The fourth-order valence-electron chi connectivity index (χ4n) is 2.13. The molecule has 0 unspecified atom stereocenters. The van der Waals surface area contributed by atoms with Crippen molar-refractivity contribution >= 4 is 5.97 Å². The van der Waals surface area contributed by atoms with Gasteiger partial charge in [-0.05, 0) is 18.4 Å². The number of cyclic esters (lactones) is 1. The van der Waals surface area contributed by atoms with E-state index in [4.69, 9.17) is 4.74 Å². The Bertz CT molecular complexity index is 372. The second kappa shape index (κ2) is 4.28. The molecular formula is C14H18O2. The number of aryl methyl sites for hydroxylation is 1. The van der Waals surface area contributed by atoms with Gasteiger partial charge in [0.1, 0.15) is 0 Å². The molecule has 0 spiro atoms. The number of carbonyl (C=O) groups is 1. The lowest BCUT2D eigenvalue weighted by molar-refractivity contribution is -0.140. The third-order valence-corrected chi connectivity index (χ3v) is 3.77. The van der Waals surface area contributed by atoms with Gasteiger partial charge in [0.25, 0.3) is 0 Å². The zero-order chi connectivity index (χ0) is 11.6. The first-order valence-electron chi connectivity index (χ1n) is 5.82. The number of carbonyl (C=O) groups excluding carboxylic acids is 1. The van der Waals surface area contributed by atoms with E-state index in [1.54, 1.807) is 0 Å². The van der Waals surface area contributed by atoms with Crippen molar-refractivity contribution in [3.8, 4) is 0 Å². The smallest absolute Gasteiger partial charge is 0.309 e. The van der Waals surface area contributed by atoms with E-state index in [0.29, 0.717) is 6.61 Å². The molecule has 2 nitrogen and oxygen atoms in total. The molecule has 2 heteroatoms. The van der Waals surface area contributed by atoms with Crippen LogP contribution < -0.4 is 0 Å². The summed E-state index contributed by atoms with van der Waals surface area (Å²) >= 11 is 0. The maximum absolute atomic E-state index is 11.4. The van der Waals surface area contributed by atoms with Crippen LogP contribution in [0, 0.1) is 11.3 Å². The predicted octanol–water partition coefficient (Wildman–Crippen LogP) is 2.82. The van der Waals surface area contributed by atoms with Gasteiger partial charge in [-0.3, -0.25) is 4.79 Å². The minimum Gasteiger partial charge on any atom is -0.465 e. The number of esters is 1. The number of benzene rings is 1. The summed E-state index contributed by atoms with van der Waals surface area (Å²) in [4.78, 5) is 11.4. The van der Waals surface area contributed by atoms with Crippen LogP contribution in [0.2, 0.25) is 0 Å². The van der Waals surface area contributed by atoms with E-state index in [2.05, 4.69) is 31.2 Å². The molecule has 1 aliphatic heterocycles. The van der Waals surface area contributed by atoms with E-state index in [9.17, 15) is 4.79 Å². The molecule has 0 bridgehead atoms. The zero-order valence-electron chi connectivity index (χ0n) is 9.90. The Morgan fingerprint density at radius 3 is 2.62 bits per heavy atom. The lowest BCUT2D eigenvalue weighted by Gasteiger charge is -2.24. The van der Waals surface area contributed by atoms with E-state index < -0.39 is 0 Å². The molecule has 2 rings (SSSR count). The van der Waals surface area contributed by atoms with E-state index in [0.717, 1.165) is 12.8 Å². The van der Waals surface area contributed by atoms with Crippen molar-refractivity contribution in [1.29, 1.82) is 0 Å². The van der Waals surface area contributed by atoms with Gasteiger partial charge in [0.2, 0.25) is 0 Å². The maximum atomic E-state index is 11.4. The van der Waals surface area contributed by atoms with Crippen molar-refractivity contribution in [2.45, 2.75) is 26.7 Å². The second-order valence-corrected chi connectivity index (χ2v) is 4.97. The predicted molar refractivity (Wildman–Crippen MR) is 63.0 cm³/mol. The zero-order valence-corrected chi connectivity index (χ0v) is 9.90. The number of ether oxygens (including phenoxy) is 1. The number of hydrogen-bond acceptors (Lipinski definition) is 2. The topological polar surface area (TPSA) is 26.3 Å². The molecule has 0 saturated carbocycles. The molecule has 1 heterocycles. The van der Waals surface area contributed by atoms with Gasteiger partial charge in [0, 0.05) is 5.41 Å². The van der Waals surface area contributed by atoms with Crippen LogP contribution in [-0.4, -0.2) is 12.6 Å². The fourth-order valence-corrected chi connectivity index (χ4v) is 2.13. The second-order valence-electron chi connectivity index (χ2n) is 4.97. The molecule has 1 fully saturated rings. The Kier molecular flexibility index (Phi) is 2.99. The van der Waals surface area contributed by atoms with E-state index >= 15 is 0 Å². The molecule has 16 heavy (non-hydrogen) atoms. The molecule has 1 aromatic carbocycles. The molecule has 0 aliphatic carbocycles. The van der Waals surface area contributed by atoms with Crippen molar-refractivity contribution < 1.29 is 9.53 Å². The Labute approximate surface area is 96.6 Å². The third-order valence-electron chi connectivity index (χ3n) is 3.77. The van der Waals surface area contributed by atoms with Crippen LogP contribution in [0.3, 0.4) is 0 Å². The first-order chi connectivity index (χ1) is 7.62. The number of hydrogen-bond donors (Lipinski definition) is 0. The summed E-state index contributed by atoms with van der Waals surface area (Å²) in [6, 6.07) is 10.4. The van der Waals surface area contributed by atoms with Crippen LogP contribution in [0.25, 0.3) is 0 Å². The highest BCUT2D eigenvalue weighted by molar-refractivity contribution is 5.75. The molecule has 1 aromatic rings. The highest BCUT2D eigenvalue weighted by Crippen LogP contribution is 2.38. The van der Waals surface area contributed by atoms with E-state index in [1.807, 2.05) is 13.0 Å². The third kappa shape index (κ3) is 2.11. The summed E-state index contributed by atoms with van der Waals surface area (Å²) in [6.07, 6.45) is 2.02. The molecule has 1 aliphatic rings. The first kappa shape index (κ1) is 11.2. The quantitative estimate of drug-likeness (QED) is 0.729. The van der Waals surface area contributed by atoms with Crippen LogP contribution in [0.15, 0.2) is 30.3 Å². The highest BCUT2D eigenvalue weighted by atomic mass is 16.5. The van der Waals surface area contributed by atoms with Crippen molar-refractivity contribution in [3.05, 3.63) is 35.9 Å². The van der Waals surface area contributed by atoms with Crippen molar-refractivity contribution in [2.24, 2.45) is 11.3 Å². The Hall–Kier alpha value is -1.31. The van der Waals surface area contributed by atoms with Crippen LogP contribution in [0.5, 0.6) is 0 Å². The van der Waals surface area contributed by atoms with Crippen molar-refractivity contribution in [3.63, 3.8) is 0 Å². The van der Waals surface area contributed by atoms with Gasteiger partial charge < -0.3 is 4.74 Å². The molecular weight excluding hydrogens is 200 g/mol. The van der Waals surface area contributed by atoms with E-state index in [1.165, 1.54) is 5.56 Å². The van der Waals surface area contributed by atoms with Gasteiger partial charge in [-0.2, -0.15) is 0 Å². The minimum absolute atomic E-state index is 0.00687. The Morgan fingerprint density at radius 2 is 2.06 bits per heavy atom. The van der Waals surface area contributed by atoms with Crippen LogP contribution in [-0.2, 0) is 16.0 Å². The SMILES string of the molecule is C[C@H]1C(=O)OC[C@]1(C)CCc1ccccc1. The average Bonchev–Trinajstić information content (AvgIpc) is 2.57. The maximum Gasteiger partial charge on any atom is 0.309 e. The lowest BCUT2D eigenvalue weighted by atomic mass is 9.76. The molecule has 0 N–H and O–H groups in total. The Balaban J connectivity index is 1.98. The minimum atomic E-state index is -0.0458. The summed E-state index contributed by atoms with van der Waals surface area (Å²) in [5, 5.41) is 0. The Morgan fingerprint density at radius 1 is 1.38 bits per heavy atom. The monoisotopic (exact) mass is 218 g/mol. The number of rotatable bonds is 3. The summed E-state index contributed by atoms with van der Waals surface area (Å²) in [5.41, 5.74) is 1.34. The molecule has 0 aromatic heterocycles. The van der Waals surface area contributed by atoms with Gasteiger partial charge in [0.05, 0.1) is 12.5 Å². The summed E-state index contributed by atoms with van der Waals surface area (Å²) in [5.74, 6) is -0.0215. The average molecular weight is 218 g/mol. The molecule has 0 radical (unpaired) electrons. The standard InChI is InChI=1S/C14H18O2/c1-11-13(15)16-10-14(11,2)9-8-12-6-4-3-5-7-12/h3-7,11H,8-10H2,1-2H3/t11-,14-/m0/s1. The van der Waals surface area contributed by atoms with Gasteiger partial charge in [-0.25, -0.2) is 0 Å². The van der Waals surface area contributed by atoms with Crippen LogP contribution in [0.4, 0.5) is 0 Å². The summed E-state index contributed by atoms with van der Waals surface area (Å²) < 4.78 is 5.13. The lowest BCUT2D eigenvalue weighted by Crippen LogP contribution is -2.25. The van der Waals surface area contributed by atoms with Gasteiger partial charge in [-0.1, -0.05) is 44.2 Å². The molecule has 0 amide bonds. The van der Waals surface area contributed by atoms with Crippen molar-refractivity contribution in [2.75, 3.05) is 6.61 Å². The van der Waals surface area contributed by atoms with E-state index in [-0.39, 0.29) is 17.3 Å². The normalized spacial score (nSPS) is 29.1.